The van der Waals surface area contributed by atoms with Gasteiger partial charge in [-0.25, -0.2) is 0 Å². The molecule has 1 atom stereocenters. The van der Waals surface area contributed by atoms with Crippen LogP contribution >= 0.6 is 11.8 Å². The standard InChI is InChI=1S/C14H15N3O2S/c1-9-16-17-14(19-9)10-5-2-3-6-11(10)15-13(18)12-7-4-8-20-12/h2-3,5-6,12H,4,7-8H2,1H3,(H,15,18)/t12-/m1/s1. The molecule has 1 N–H and O–H groups in total. The Morgan fingerprint density at radius 1 is 1.40 bits per heavy atom. The van der Waals surface area contributed by atoms with Gasteiger partial charge in [0.25, 0.3) is 0 Å². The highest BCUT2D eigenvalue weighted by Crippen LogP contribution is 2.30. The maximum atomic E-state index is 12.2. The summed E-state index contributed by atoms with van der Waals surface area (Å²) in [7, 11) is 0. The molecule has 2 aromatic rings. The molecule has 20 heavy (non-hydrogen) atoms. The number of anilines is 1. The van der Waals surface area contributed by atoms with Crippen LogP contribution in [0.3, 0.4) is 0 Å². The van der Waals surface area contributed by atoms with Crippen molar-refractivity contribution in [3.05, 3.63) is 30.2 Å². The van der Waals surface area contributed by atoms with Gasteiger partial charge in [-0.05, 0) is 30.7 Å². The Morgan fingerprint density at radius 3 is 2.95 bits per heavy atom. The second-order valence-corrected chi connectivity index (χ2v) is 5.97. The minimum absolute atomic E-state index is 0.0486. The molecular formula is C14H15N3O2S. The topological polar surface area (TPSA) is 68.0 Å². The van der Waals surface area contributed by atoms with Crippen molar-refractivity contribution in [2.75, 3.05) is 11.1 Å². The molecule has 2 heterocycles. The number of thioether (sulfide) groups is 1. The lowest BCUT2D eigenvalue weighted by Crippen LogP contribution is -2.23. The lowest BCUT2D eigenvalue weighted by molar-refractivity contribution is -0.115. The lowest BCUT2D eigenvalue weighted by Gasteiger charge is -2.12. The van der Waals surface area contributed by atoms with Gasteiger partial charge in [0.15, 0.2) is 0 Å². The molecule has 1 fully saturated rings. The molecule has 1 aliphatic heterocycles. The molecule has 1 aromatic heterocycles. The first-order valence-corrected chi connectivity index (χ1v) is 7.61. The van der Waals surface area contributed by atoms with Crippen LogP contribution in [0.1, 0.15) is 18.7 Å². The first kappa shape index (κ1) is 13.2. The van der Waals surface area contributed by atoms with E-state index in [0.717, 1.165) is 24.2 Å². The summed E-state index contributed by atoms with van der Waals surface area (Å²) in [5.41, 5.74) is 1.47. The van der Waals surface area contributed by atoms with Gasteiger partial charge in [-0.1, -0.05) is 12.1 Å². The van der Waals surface area contributed by atoms with Crippen LogP contribution in [-0.2, 0) is 4.79 Å². The van der Waals surface area contributed by atoms with E-state index in [1.807, 2.05) is 24.3 Å². The number of para-hydroxylation sites is 1. The van der Waals surface area contributed by atoms with E-state index < -0.39 is 0 Å². The summed E-state index contributed by atoms with van der Waals surface area (Å²) in [5.74, 6) is 2.05. The number of nitrogens with one attached hydrogen (secondary N) is 1. The van der Waals surface area contributed by atoms with Crippen LogP contribution in [0.25, 0.3) is 11.5 Å². The SMILES string of the molecule is Cc1nnc(-c2ccccc2NC(=O)[C@H]2CCCS2)o1. The second kappa shape index (κ2) is 5.66. The number of carbonyl (C=O) groups excluding carboxylic acids is 1. The van der Waals surface area contributed by atoms with Crippen molar-refractivity contribution in [2.24, 2.45) is 0 Å². The van der Waals surface area contributed by atoms with Crippen molar-refractivity contribution in [1.29, 1.82) is 0 Å². The van der Waals surface area contributed by atoms with Gasteiger partial charge in [-0.3, -0.25) is 4.79 Å². The summed E-state index contributed by atoms with van der Waals surface area (Å²) in [4.78, 5) is 12.2. The predicted molar refractivity (Wildman–Crippen MR) is 78.6 cm³/mol. The van der Waals surface area contributed by atoms with Gasteiger partial charge in [0.2, 0.25) is 17.7 Å². The smallest absolute Gasteiger partial charge is 0.249 e. The molecule has 0 radical (unpaired) electrons. The predicted octanol–water partition coefficient (Wildman–Crippen LogP) is 2.88. The molecule has 5 nitrogen and oxygen atoms in total. The molecule has 1 aliphatic rings. The number of hydrogen-bond donors (Lipinski definition) is 1. The number of aromatic nitrogens is 2. The Kier molecular flexibility index (Phi) is 3.73. The molecule has 6 heteroatoms. The zero-order valence-electron chi connectivity index (χ0n) is 11.1. The number of benzene rings is 1. The van der Waals surface area contributed by atoms with Gasteiger partial charge in [0, 0.05) is 6.92 Å². The van der Waals surface area contributed by atoms with Crippen LogP contribution in [0.15, 0.2) is 28.7 Å². The third-order valence-corrected chi connectivity index (χ3v) is 4.54. The third kappa shape index (κ3) is 2.70. The summed E-state index contributed by atoms with van der Waals surface area (Å²) in [6.07, 6.45) is 2.05. The highest BCUT2D eigenvalue weighted by Gasteiger charge is 2.24. The normalized spacial score (nSPS) is 18.1. The maximum absolute atomic E-state index is 12.2. The van der Waals surface area contributed by atoms with E-state index in [2.05, 4.69) is 15.5 Å². The zero-order chi connectivity index (χ0) is 13.9. The summed E-state index contributed by atoms with van der Waals surface area (Å²) in [5, 5.41) is 10.9. The van der Waals surface area contributed by atoms with Crippen LogP contribution in [0.5, 0.6) is 0 Å². The van der Waals surface area contributed by atoms with E-state index in [1.165, 1.54) is 0 Å². The number of hydrogen-bond acceptors (Lipinski definition) is 5. The van der Waals surface area contributed by atoms with E-state index >= 15 is 0 Å². The van der Waals surface area contributed by atoms with Crippen molar-refractivity contribution >= 4 is 23.4 Å². The van der Waals surface area contributed by atoms with Gasteiger partial charge in [0.05, 0.1) is 16.5 Å². The molecule has 0 saturated carbocycles. The monoisotopic (exact) mass is 289 g/mol. The van der Waals surface area contributed by atoms with E-state index in [0.29, 0.717) is 17.5 Å². The number of rotatable bonds is 3. The highest BCUT2D eigenvalue weighted by molar-refractivity contribution is 8.00. The molecule has 0 spiro atoms. The Balaban J connectivity index is 1.84. The van der Waals surface area contributed by atoms with Crippen LogP contribution in [-0.4, -0.2) is 27.1 Å². The quantitative estimate of drug-likeness (QED) is 0.941. The fourth-order valence-electron chi connectivity index (χ4n) is 2.18. The van der Waals surface area contributed by atoms with Crippen molar-refractivity contribution < 1.29 is 9.21 Å². The van der Waals surface area contributed by atoms with Crippen LogP contribution in [0.4, 0.5) is 5.69 Å². The van der Waals surface area contributed by atoms with Gasteiger partial charge >= 0.3 is 0 Å². The fourth-order valence-corrected chi connectivity index (χ4v) is 3.34. The average molecular weight is 289 g/mol. The maximum Gasteiger partial charge on any atom is 0.249 e. The van der Waals surface area contributed by atoms with E-state index in [9.17, 15) is 4.79 Å². The Morgan fingerprint density at radius 2 is 2.25 bits per heavy atom. The van der Waals surface area contributed by atoms with Gasteiger partial charge < -0.3 is 9.73 Å². The molecule has 3 rings (SSSR count). The first-order valence-electron chi connectivity index (χ1n) is 6.56. The number of carbonyl (C=O) groups is 1. The van der Waals surface area contributed by atoms with Gasteiger partial charge in [0.1, 0.15) is 0 Å². The molecule has 0 aliphatic carbocycles. The Labute approximate surface area is 121 Å². The Hall–Kier alpha value is -1.82. The largest absolute Gasteiger partial charge is 0.421 e. The molecule has 0 unspecified atom stereocenters. The number of aryl methyl sites for hydroxylation is 1. The molecular weight excluding hydrogens is 274 g/mol. The van der Waals surface area contributed by atoms with Gasteiger partial charge in [-0.15, -0.1) is 22.0 Å². The summed E-state index contributed by atoms with van der Waals surface area (Å²) in [6, 6.07) is 7.48. The summed E-state index contributed by atoms with van der Waals surface area (Å²) >= 11 is 1.71. The summed E-state index contributed by atoms with van der Waals surface area (Å²) in [6.45, 7) is 1.74. The Bertz CT molecular complexity index is 620. The number of amides is 1. The second-order valence-electron chi connectivity index (χ2n) is 4.66. The average Bonchev–Trinajstić information content (AvgIpc) is 3.10. The van der Waals surface area contributed by atoms with Gasteiger partial charge in [-0.2, -0.15) is 0 Å². The van der Waals surface area contributed by atoms with E-state index in [-0.39, 0.29) is 11.2 Å². The molecule has 1 saturated heterocycles. The first-order chi connectivity index (χ1) is 9.74. The fraction of sp³-hybridized carbons (Fsp3) is 0.357. The van der Waals surface area contributed by atoms with Crippen LogP contribution in [0, 0.1) is 6.92 Å². The minimum atomic E-state index is 0.0486. The zero-order valence-corrected chi connectivity index (χ0v) is 11.9. The highest BCUT2D eigenvalue weighted by atomic mass is 32.2. The van der Waals surface area contributed by atoms with Crippen molar-refractivity contribution in [3.8, 4) is 11.5 Å². The number of nitrogens with zero attached hydrogens (tertiary/aromatic N) is 2. The van der Waals surface area contributed by atoms with Crippen LogP contribution < -0.4 is 5.32 Å². The van der Waals surface area contributed by atoms with Crippen molar-refractivity contribution in [2.45, 2.75) is 25.0 Å². The molecule has 104 valence electrons. The van der Waals surface area contributed by atoms with Crippen molar-refractivity contribution in [3.63, 3.8) is 0 Å². The lowest BCUT2D eigenvalue weighted by atomic mass is 10.1. The summed E-state index contributed by atoms with van der Waals surface area (Å²) < 4.78 is 5.44. The molecule has 1 amide bonds. The third-order valence-electron chi connectivity index (χ3n) is 3.16. The van der Waals surface area contributed by atoms with Crippen molar-refractivity contribution in [1.82, 2.24) is 10.2 Å². The molecule has 1 aromatic carbocycles. The van der Waals surface area contributed by atoms with E-state index in [1.54, 1.807) is 18.7 Å². The molecule has 0 bridgehead atoms. The van der Waals surface area contributed by atoms with E-state index in [4.69, 9.17) is 4.42 Å². The van der Waals surface area contributed by atoms with Crippen LogP contribution in [0.2, 0.25) is 0 Å². The minimum Gasteiger partial charge on any atom is -0.421 e.